The van der Waals surface area contributed by atoms with Crippen molar-refractivity contribution in [3.63, 3.8) is 0 Å². The first-order valence-electron chi connectivity index (χ1n) is 10.9. The van der Waals surface area contributed by atoms with Crippen LogP contribution in [-0.4, -0.2) is 83.8 Å². The van der Waals surface area contributed by atoms with Gasteiger partial charge < -0.3 is 24.4 Å². The van der Waals surface area contributed by atoms with Crippen molar-refractivity contribution in [2.45, 2.75) is 38.9 Å². The summed E-state index contributed by atoms with van der Waals surface area (Å²) in [6.07, 6.45) is 3.65. The maximum absolute atomic E-state index is 13.6. The molecule has 2 amide bonds. The number of fused-ring (bicyclic) bond motifs is 1. The van der Waals surface area contributed by atoms with Gasteiger partial charge in [0.05, 0.1) is 18.8 Å². The van der Waals surface area contributed by atoms with Crippen molar-refractivity contribution in [1.82, 2.24) is 19.8 Å². The van der Waals surface area contributed by atoms with E-state index in [1.165, 1.54) is 0 Å². The Balaban J connectivity index is 1.63. The zero-order valence-corrected chi connectivity index (χ0v) is 18.3. The Morgan fingerprint density at radius 3 is 2.74 bits per heavy atom. The first-order valence-corrected chi connectivity index (χ1v) is 10.9. The van der Waals surface area contributed by atoms with Crippen molar-refractivity contribution < 1.29 is 18.7 Å². The van der Waals surface area contributed by atoms with Crippen LogP contribution in [0.2, 0.25) is 0 Å². The number of rotatable bonds is 4. The van der Waals surface area contributed by atoms with Gasteiger partial charge in [0.25, 0.3) is 0 Å². The summed E-state index contributed by atoms with van der Waals surface area (Å²) in [6.45, 7) is 6.02. The molecule has 9 heteroatoms. The van der Waals surface area contributed by atoms with Crippen LogP contribution < -0.4 is 4.90 Å². The molecule has 0 aromatic carbocycles. The lowest BCUT2D eigenvalue weighted by molar-refractivity contribution is 0.0526. The van der Waals surface area contributed by atoms with E-state index in [0.717, 1.165) is 17.5 Å². The van der Waals surface area contributed by atoms with Crippen LogP contribution in [0.25, 0.3) is 11.0 Å². The Bertz CT molecular complexity index is 964. The van der Waals surface area contributed by atoms with Gasteiger partial charge in [-0.2, -0.15) is 0 Å². The number of pyridine rings is 1. The highest BCUT2D eigenvalue weighted by Gasteiger charge is 2.37. The zero-order valence-electron chi connectivity index (χ0n) is 18.3. The van der Waals surface area contributed by atoms with Gasteiger partial charge in [0.15, 0.2) is 0 Å². The average Bonchev–Trinajstić information content (AvgIpc) is 3.41. The SMILES string of the molecule is CCOC(=O)c1cnc2[nH]ccc2c1N(C)[C@H]1CN(C(=O)N2CC[C@@H](F)C2)CC[C@H]1C. The number of hydrogen-bond donors (Lipinski definition) is 1. The normalized spacial score (nSPS) is 23.9. The number of nitrogens with one attached hydrogen (secondary N) is 1. The first-order chi connectivity index (χ1) is 14.9. The average molecular weight is 432 g/mol. The number of H-pyrrole nitrogens is 1. The van der Waals surface area contributed by atoms with Gasteiger partial charge in [-0.25, -0.2) is 19.0 Å². The summed E-state index contributed by atoms with van der Waals surface area (Å²) in [6, 6.07) is 1.80. The molecular formula is C22H30FN5O3. The number of likely N-dealkylation sites (tertiary alicyclic amines) is 2. The molecule has 2 aromatic rings. The van der Waals surface area contributed by atoms with E-state index in [2.05, 4.69) is 21.8 Å². The number of carbonyl (C=O) groups is 2. The molecule has 0 unspecified atom stereocenters. The van der Waals surface area contributed by atoms with E-state index in [9.17, 15) is 14.0 Å². The number of urea groups is 1. The van der Waals surface area contributed by atoms with Crippen LogP contribution in [0.4, 0.5) is 14.9 Å². The number of ether oxygens (including phenoxy) is 1. The molecule has 168 valence electrons. The highest BCUT2D eigenvalue weighted by molar-refractivity contribution is 6.04. The molecule has 0 bridgehead atoms. The van der Waals surface area contributed by atoms with E-state index < -0.39 is 12.1 Å². The lowest BCUT2D eigenvalue weighted by atomic mass is 9.91. The van der Waals surface area contributed by atoms with E-state index >= 15 is 0 Å². The maximum atomic E-state index is 13.6. The molecule has 31 heavy (non-hydrogen) atoms. The lowest BCUT2D eigenvalue weighted by Gasteiger charge is -2.43. The number of halogens is 1. The number of aromatic amines is 1. The van der Waals surface area contributed by atoms with Crippen LogP contribution in [0, 0.1) is 5.92 Å². The van der Waals surface area contributed by atoms with Gasteiger partial charge in [0, 0.05) is 50.5 Å². The standard InChI is InChI=1S/C22H30FN5O3/c1-4-31-21(29)17-11-25-20-16(5-8-24-20)19(17)26(3)18-13-28(9-6-14(18)2)22(30)27-10-7-15(23)12-27/h5,8,11,14-15,18H,4,6-7,9-10,12-13H2,1-3H3,(H,24,25)/t14-,15-,18+/m1/s1. The van der Waals surface area contributed by atoms with Crippen LogP contribution in [0.3, 0.4) is 0 Å². The minimum absolute atomic E-state index is 0.00449. The van der Waals surface area contributed by atoms with Gasteiger partial charge in [0.2, 0.25) is 0 Å². The number of aromatic nitrogens is 2. The molecule has 4 rings (SSSR count). The van der Waals surface area contributed by atoms with Gasteiger partial charge >= 0.3 is 12.0 Å². The van der Waals surface area contributed by atoms with Crippen LogP contribution in [0.15, 0.2) is 18.5 Å². The summed E-state index contributed by atoms with van der Waals surface area (Å²) < 4.78 is 18.9. The molecule has 1 N–H and O–H groups in total. The number of carbonyl (C=O) groups excluding carboxylic acids is 2. The number of esters is 1. The summed E-state index contributed by atoms with van der Waals surface area (Å²) >= 11 is 0. The molecule has 2 aliphatic heterocycles. The van der Waals surface area contributed by atoms with E-state index in [1.807, 2.05) is 18.0 Å². The second-order valence-electron chi connectivity index (χ2n) is 8.49. The molecule has 0 radical (unpaired) electrons. The third kappa shape index (κ3) is 4.05. The number of hydrogen-bond acceptors (Lipinski definition) is 5. The van der Waals surface area contributed by atoms with Crippen molar-refractivity contribution in [3.05, 3.63) is 24.0 Å². The van der Waals surface area contributed by atoms with Gasteiger partial charge in [-0.15, -0.1) is 0 Å². The third-order valence-electron chi connectivity index (χ3n) is 6.49. The molecule has 0 saturated carbocycles. The minimum atomic E-state index is -0.933. The Morgan fingerprint density at radius 2 is 2.03 bits per heavy atom. The topological polar surface area (TPSA) is 81.8 Å². The Morgan fingerprint density at radius 1 is 1.29 bits per heavy atom. The smallest absolute Gasteiger partial charge is 0.341 e. The summed E-state index contributed by atoms with van der Waals surface area (Å²) in [7, 11) is 1.95. The molecule has 0 spiro atoms. The molecule has 3 atom stereocenters. The number of amides is 2. The van der Waals surface area contributed by atoms with Crippen LogP contribution in [-0.2, 0) is 4.74 Å². The van der Waals surface area contributed by atoms with Crippen LogP contribution in [0.1, 0.15) is 37.0 Å². The fraction of sp³-hybridized carbons (Fsp3) is 0.591. The molecule has 2 aliphatic rings. The van der Waals surface area contributed by atoms with Crippen LogP contribution in [0.5, 0.6) is 0 Å². The van der Waals surface area contributed by atoms with Gasteiger partial charge in [-0.3, -0.25) is 0 Å². The Labute approximate surface area is 181 Å². The van der Waals surface area contributed by atoms with Gasteiger partial charge in [-0.05, 0) is 31.7 Å². The predicted molar refractivity (Wildman–Crippen MR) is 116 cm³/mol. The predicted octanol–water partition coefficient (Wildman–Crippen LogP) is 3.05. The van der Waals surface area contributed by atoms with E-state index in [4.69, 9.17) is 4.74 Å². The lowest BCUT2D eigenvalue weighted by Crippen LogP contribution is -2.55. The van der Waals surface area contributed by atoms with Crippen LogP contribution >= 0.6 is 0 Å². The largest absolute Gasteiger partial charge is 0.462 e. The number of alkyl halides is 1. The van der Waals surface area contributed by atoms with Crippen molar-refractivity contribution in [1.29, 1.82) is 0 Å². The number of nitrogens with zero attached hydrogens (tertiary/aromatic N) is 4. The number of piperidine rings is 1. The molecule has 0 aliphatic carbocycles. The monoisotopic (exact) mass is 431 g/mol. The van der Waals surface area contributed by atoms with Crippen molar-refractivity contribution in [3.8, 4) is 0 Å². The van der Waals surface area contributed by atoms with E-state index in [1.54, 1.807) is 24.2 Å². The van der Waals surface area contributed by atoms with Gasteiger partial charge in [0.1, 0.15) is 17.4 Å². The van der Waals surface area contributed by atoms with Crippen molar-refractivity contribution in [2.24, 2.45) is 5.92 Å². The molecule has 2 saturated heterocycles. The number of likely N-dealkylation sites (N-methyl/N-ethyl adjacent to an activating group) is 1. The highest BCUT2D eigenvalue weighted by atomic mass is 19.1. The maximum Gasteiger partial charge on any atom is 0.341 e. The van der Waals surface area contributed by atoms with Crippen molar-refractivity contribution >= 4 is 28.7 Å². The summed E-state index contributed by atoms with van der Waals surface area (Å²) in [5.41, 5.74) is 1.85. The first kappa shape index (κ1) is 21.4. The molecule has 2 fully saturated rings. The summed E-state index contributed by atoms with van der Waals surface area (Å²) in [5.74, 6) is -0.110. The second kappa shape index (κ2) is 8.72. The third-order valence-corrected chi connectivity index (χ3v) is 6.49. The summed E-state index contributed by atoms with van der Waals surface area (Å²) in [4.78, 5) is 38.6. The van der Waals surface area contributed by atoms with Crippen molar-refractivity contribution in [2.75, 3.05) is 44.7 Å². The Hall–Kier alpha value is -2.84. The summed E-state index contributed by atoms with van der Waals surface area (Å²) in [5, 5.41) is 0.837. The highest BCUT2D eigenvalue weighted by Crippen LogP contribution is 2.34. The minimum Gasteiger partial charge on any atom is -0.462 e. The quantitative estimate of drug-likeness (QED) is 0.753. The molecule has 4 heterocycles. The molecule has 8 nitrogen and oxygen atoms in total. The van der Waals surface area contributed by atoms with Gasteiger partial charge in [-0.1, -0.05) is 6.92 Å². The fourth-order valence-electron chi connectivity index (χ4n) is 4.72. The van der Waals surface area contributed by atoms with E-state index in [-0.39, 0.29) is 25.2 Å². The number of anilines is 1. The molecule has 2 aromatic heterocycles. The molecular weight excluding hydrogens is 401 g/mol. The zero-order chi connectivity index (χ0) is 22.1. The second-order valence-corrected chi connectivity index (χ2v) is 8.49. The fourth-order valence-corrected chi connectivity index (χ4v) is 4.72. The van der Waals surface area contributed by atoms with E-state index in [0.29, 0.717) is 43.2 Å². The Kier molecular flexibility index (Phi) is 6.02.